The van der Waals surface area contributed by atoms with E-state index in [1.165, 1.54) is 0 Å². The lowest BCUT2D eigenvalue weighted by atomic mass is 9.77. The van der Waals surface area contributed by atoms with Crippen LogP contribution in [0.25, 0.3) is 0 Å². The highest BCUT2D eigenvalue weighted by Crippen LogP contribution is 2.31. The van der Waals surface area contributed by atoms with Gasteiger partial charge in [0.15, 0.2) is 0 Å². The molecule has 1 fully saturated rings. The summed E-state index contributed by atoms with van der Waals surface area (Å²) < 4.78 is 0. The molecule has 0 aliphatic carbocycles. The number of amides is 1. The summed E-state index contributed by atoms with van der Waals surface area (Å²) >= 11 is 0. The van der Waals surface area contributed by atoms with E-state index in [2.05, 4.69) is 19.2 Å². The first-order chi connectivity index (χ1) is 9.40. The van der Waals surface area contributed by atoms with Gasteiger partial charge in [0.25, 0.3) is 0 Å². The highest BCUT2D eigenvalue weighted by molar-refractivity contribution is 5.82. The van der Waals surface area contributed by atoms with Crippen molar-refractivity contribution >= 4 is 5.91 Å². The minimum atomic E-state index is -0.113. The molecule has 1 heterocycles. The van der Waals surface area contributed by atoms with Crippen LogP contribution in [0, 0.1) is 5.41 Å². The first-order valence-corrected chi connectivity index (χ1v) is 7.16. The second-order valence-electron chi connectivity index (χ2n) is 6.34. The number of piperidine rings is 1. The summed E-state index contributed by atoms with van der Waals surface area (Å²) in [5, 5.41) is 12.6. The third kappa shape index (κ3) is 3.31. The third-order valence-electron chi connectivity index (χ3n) is 4.11. The lowest BCUT2D eigenvalue weighted by Crippen LogP contribution is -2.55. The topological polar surface area (TPSA) is 52.6 Å². The average molecular weight is 276 g/mol. The number of nitrogens with zero attached hydrogens (tertiary/aromatic N) is 1. The molecule has 4 heteroatoms. The van der Waals surface area contributed by atoms with Gasteiger partial charge in [0, 0.05) is 13.6 Å². The predicted octanol–water partition coefficient (Wildman–Crippen LogP) is 2.13. The molecule has 1 aromatic rings. The van der Waals surface area contributed by atoms with E-state index in [0.29, 0.717) is 6.54 Å². The van der Waals surface area contributed by atoms with Gasteiger partial charge in [-0.25, -0.2) is 0 Å². The fraction of sp³-hybridized carbons (Fsp3) is 0.562. The number of likely N-dealkylation sites (N-methyl/N-ethyl adjacent to an activating group) is 1. The SMILES string of the molecule is CN(Cc1ccc(O)cc1)C(=O)C1NCCCC1(C)C. The largest absolute Gasteiger partial charge is 0.508 e. The van der Waals surface area contributed by atoms with Gasteiger partial charge in [0.1, 0.15) is 5.75 Å². The van der Waals surface area contributed by atoms with Gasteiger partial charge in [-0.1, -0.05) is 26.0 Å². The van der Waals surface area contributed by atoms with Crippen molar-refractivity contribution < 1.29 is 9.90 Å². The molecular weight excluding hydrogens is 252 g/mol. The van der Waals surface area contributed by atoms with Gasteiger partial charge in [-0.3, -0.25) is 4.79 Å². The van der Waals surface area contributed by atoms with Crippen molar-refractivity contribution in [1.29, 1.82) is 0 Å². The molecule has 1 amide bonds. The molecular formula is C16H24N2O2. The maximum Gasteiger partial charge on any atom is 0.240 e. The summed E-state index contributed by atoms with van der Waals surface area (Å²) in [6.45, 7) is 5.77. The number of hydrogen-bond acceptors (Lipinski definition) is 3. The van der Waals surface area contributed by atoms with Crippen molar-refractivity contribution in [2.75, 3.05) is 13.6 Å². The predicted molar refractivity (Wildman–Crippen MR) is 79.4 cm³/mol. The fourth-order valence-electron chi connectivity index (χ4n) is 2.81. The van der Waals surface area contributed by atoms with Crippen molar-refractivity contribution in [3.8, 4) is 5.75 Å². The maximum atomic E-state index is 12.6. The smallest absolute Gasteiger partial charge is 0.240 e. The van der Waals surface area contributed by atoms with Crippen LogP contribution in [0.5, 0.6) is 5.75 Å². The highest BCUT2D eigenvalue weighted by atomic mass is 16.3. The molecule has 1 aromatic carbocycles. The number of carbonyl (C=O) groups is 1. The lowest BCUT2D eigenvalue weighted by Gasteiger charge is -2.40. The van der Waals surface area contributed by atoms with Crippen molar-refractivity contribution in [2.45, 2.75) is 39.3 Å². The van der Waals surface area contributed by atoms with E-state index in [4.69, 9.17) is 0 Å². The molecule has 110 valence electrons. The van der Waals surface area contributed by atoms with Gasteiger partial charge in [-0.15, -0.1) is 0 Å². The Kier molecular flexibility index (Phi) is 4.33. The average Bonchev–Trinajstić information content (AvgIpc) is 2.40. The van der Waals surface area contributed by atoms with E-state index >= 15 is 0 Å². The van der Waals surface area contributed by atoms with Gasteiger partial charge < -0.3 is 15.3 Å². The van der Waals surface area contributed by atoms with Crippen molar-refractivity contribution in [3.05, 3.63) is 29.8 Å². The van der Waals surface area contributed by atoms with Crippen LogP contribution in [0.1, 0.15) is 32.3 Å². The molecule has 20 heavy (non-hydrogen) atoms. The fourth-order valence-corrected chi connectivity index (χ4v) is 2.81. The van der Waals surface area contributed by atoms with E-state index in [0.717, 1.165) is 24.9 Å². The van der Waals surface area contributed by atoms with Crippen molar-refractivity contribution in [3.63, 3.8) is 0 Å². The minimum Gasteiger partial charge on any atom is -0.508 e. The summed E-state index contributed by atoms with van der Waals surface area (Å²) in [5.74, 6) is 0.389. The maximum absolute atomic E-state index is 12.6. The molecule has 1 aliphatic heterocycles. The van der Waals surface area contributed by atoms with Crippen LogP contribution in [-0.4, -0.2) is 35.5 Å². The second-order valence-corrected chi connectivity index (χ2v) is 6.34. The Morgan fingerprint density at radius 2 is 2.05 bits per heavy atom. The summed E-state index contributed by atoms with van der Waals surface area (Å²) in [4.78, 5) is 14.4. The van der Waals surface area contributed by atoms with E-state index in [1.807, 2.05) is 19.2 Å². The molecule has 1 atom stereocenters. The van der Waals surface area contributed by atoms with E-state index in [1.54, 1.807) is 17.0 Å². The molecule has 0 spiro atoms. The number of phenolic OH excluding ortho intramolecular Hbond substituents is 1. The van der Waals surface area contributed by atoms with E-state index in [9.17, 15) is 9.90 Å². The molecule has 2 rings (SSSR count). The molecule has 1 unspecified atom stereocenters. The minimum absolute atomic E-state index is 0.00144. The van der Waals surface area contributed by atoms with Crippen LogP contribution >= 0.6 is 0 Å². The summed E-state index contributed by atoms with van der Waals surface area (Å²) in [6.07, 6.45) is 2.20. The number of nitrogens with one attached hydrogen (secondary N) is 1. The molecule has 0 saturated carbocycles. The zero-order valence-corrected chi connectivity index (χ0v) is 12.5. The third-order valence-corrected chi connectivity index (χ3v) is 4.11. The normalized spacial score (nSPS) is 21.4. The molecule has 0 bridgehead atoms. The van der Waals surface area contributed by atoms with Gasteiger partial charge in [-0.2, -0.15) is 0 Å². The lowest BCUT2D eigenvalue weighted by molar-refractivity contribution is -0.136. The molecule has 0 aromatic heterocycles. The van der Waals surface area contributed by atoms with Crippen LogP contribution in [0.2, 0.25) is 0 Å². The van der Waals surface area contributed by atoms with Crippen LogP contribution in [-0.2, 0) is 11.3 Å². The van der Waals surface area contributed by atoms with E-state index in [-0.39, 0.29) is 23.1 Å². The van der Waals surface area contributed by atoms with Crippen LogP contribution in [0.15, 0.2) is 24.3 Å². The molecule has 1 saturated heterocycles. The Hall–Kier alpha value is -1.55. The zero-order chi connectivity index (χ0) is 14.8. The highest BCUT2D eigenvalue weighted by Gasteiger charge is 2.38. The first-order valence-electron chi connectivity index (χ1n) is 7.16. The van der Waals surface area contributed by atoms with Crippen molar-refractivity contribution in [2.24, 2.45) is 5.41 Å². The van der Waals surface area contributed by atoms with Gasteiger partial charge in [0.2, 0.25) is 5.91 Å². The van der Waals surface area contributed by atoms with E-state index < -0.39 is 0 Å². The van der Waals surface area contributed by atoms with Gasteiger partial charge in [0.05, 0.1) is 6.04 Å². The Balaban J connectivity index is 2.02. The number of hydrogen-bond donors (Lipinski definition) is 2. The Morgan fingerprint density at radius 1 is 1.40 bits per heavy atom. The summed E-state index contributed by atoms with van der Waals surface area (Å²) in [7, 11) is 1.83. The number of phenols is 1. The van der Waals surface area contributed by atoms with Crippen LogP contribution in [0.4, 0.5) is 0 Å². The second kappa shape index (κ2) is 5.83. The molecule has 0 radical (unpaired) electrons. The summed E-state index contributed by atoms with van der Waals surface area (Å²) in [6, 6.07) is 6.88. The number of benzene rings is 1. The molecule has 1 aliphatic rings. The first kappa shape index (κ1) is 14.9. The van der Waals surface area contributed by atoms with Crippen molar-refractivity contribution in [1.82, 2.24) is 10.2 Å². The van der Waals surface area contributed by atoms with Gasteiger partial charge in [-0.05, 0) is 42.5 Å². The number of carbonyl (C=O) groups excluding carboxylic acids is 1. The van der Waals surface area contributed by atoms with Crippen LogP contribution < -0.4 is 5.32 Å². The Labute approximate surface area is 120 Å². The van der Waals surface area contributed by atoms with Gasteiger partial charge >= 0.3 is 0 Å². The molecule has 2 N–H and O–H groups in total. The zero-order valence-electron chi connectivity index (χ0n) is 12.5. The van der Waals surface area contributed by atoms with Crippen LogP contribution in [0.3, 0.4) is 0 Å². The number of rotatable bonds is 3. The molecule has 4 nitrogen and oxygen atoms in total. The standard InChI is InChI=1S/C16H24N2O2/c1-16(2)9-4-10-17-14(16)15(20)18(3)11-12-5-7-13(19)8-6-12/h5-8,14,17,19H,4,9-11H2,1-3H3. The Morgan fingerprint density at radius 3 is 2.65 bits per heavy atom. The Bertz CT molecular complexity index is 468. The number of aromatic hydroxyl groups is 1. The monoisotopic (exact) mass is 276 g/mol. The quantitative estimate of drug-likeness (QED) is 0.889. The summed E-state index contributed by atoms with van der Waals surface area (Å²) in [5.41, 5.74) is 1.02.